The number of fused-ring (bicyclic) bond motifs is 1. The number of aromatic nitrogens is 2. The molecule has 1 aromatic heterocycles. The Morgan fingerprint density at radius 3 is 2.95 bits per heavy atom. The molecule has 2 N–H and O–H groups in total. The monoisotopic (exact) mass is 286 g/mol. The van der Waals surface area contributed by atoms with Gasteiger partial charge in [0.05, 0.1) is 22.8 Å². The zero-order valence-corrected chi connectivity index (χ0v) is 12.4. The van der Waals surface area contributed by atoms with Crippen LogP contribution in [0.4, 0.5) is 11.4 Å². The van der Waals surface area contributed by atoms with Crippen molar-refractivity contribution in [1.82, 2.24) is 9.78 Å². The van der Waals surface area contributed by atoms with E-state index in [1.165, 1.54) is 0 Å². The number of rotatable bonds is 3. The lowest BCUT2D eigenvalue weighted by molar-refractivity contribution is -0.118. The number of benzene rings is 1. The molecule has 0 aliphatic carbocycles. The largest absolute Gasteiger partial charge is 0.482 e. The number of hydrogen-bond donors (Lipinski definition) is 2. The molecular weight excluding hydrogens is 268 g/mol. The summed E-state index contributed by atoms with van der Waals surface area (Å²) in [5.74, 6) is 0.596. The van der Waals surface area contributed by atoms with Gasteiger partial charge in [-0.3, -0.25) is 9.48 Å². The molecule has 0 spiro atoms. The molecule has 6 heteroatoms. The summed E-state index contributed by atoms with van der Waals surface area (Å²) in [5.41, 5.74) is 4.93. The van der Waals surface area contributed by atoms with Crippen LogP contribution in [-0.2, 0) is 18.4 Å². The van der Waals surface area contributed by atoms with Crippen molar-refractivity contribution in [3.8, 4) is 5.75 Å². The summed E-state index contributed by atoms with van der Waals surface area (Å²) in [6.45, 7) is 4.76. The maximum atomic E-state index is 11.3. The number of nitrogens with one attached hydrogen (secondary N) is 2. The second-order valence-corrected chi connectivity index (χ2v) is 5.19. The number of hydrogen-bond acceptors (Lipinski definition) is 4. The highest BCUT2D eigenvalue weighted by atomic mass is 16.5. The highest BCUT2D eigenvalue weighted by molar-refractivity contribution is 5.95. The van der Waals surface area contributed by atoms with E-state index in [2.05, 4.69) is 15.7 Å². The second-order valence-electron chi connectivity index (χ2n) is 5.19. The summed E-state index contributed by atoms with van der Waals surface area (Å²) in [7, 11) is 1.93. The molecule has 3 rings (SSSR count). The molecule has 110 valence electrons. The molecule has 21 heavy (non-hydrogen) atoms. The normalized spacial score (nSPS) is 13.4. The van der Waals surface area contributed by atoms with Crippen LogP contribution in [0.5, 0.6) is 5.75 Å². The minimum absolute atomic E-state index is 0.0820. The first-order valence-corrected chi connectivity index (χ1v) is 6.84. The van der Waals surface area contributed by atoms with E-state index in [1.54, 1.807) is 0 Å². The quantitative estimate of drug-likeness (QED) is 0.905. The van der Waals surface area contributed by atoms with Gasteiger partial charge in [-0.15, -0.1) is 0 Å². The van der Waals surface area contributed by atoms with Crippen LogP contribution in [0.2, 0.25) is 0 Å². The molecule has 0 unspecified atom stereocenters. The van der Waals surface area contributed by atoms with Crippen LogP contribution in [-0.4, -0.2) is 22.3 Å². The Bertz CT molecular complexity index is 706. The van der Waals surface area contributed by atoms with Crippen molar-refractivity contribution < 1.29 is 9.53 Å². The molecule has 0 radical (unpaired) electrons. The molecule has 2 aromatic rings. The van der Waals surface area contributed by atoms with Crippen molar-refractivity contribution in [2.24, 2.45) is 7.05 Å². The summed E-state index contributed by atoms with van der Waals surface area (Å²) in [4.78, 5) is 11.3. The zero-order chi connectivity index (χ0) is 15.0. The summed E-state index contributed by atoms with van der Waals surface area (Å²) in [6, 6.07) is 5.81. The topological polar surface area (TPSA) is 68.2 Å². The lowest BCUT2D eigenvalue weighted by Crippen LogP contribution is -2.25. The van der Waals surface area contributed by atoms with Crippen molar-refractivity contribution in [3.63, 3.8) is 0 Å². The van der Waals surface area contributed by atoms with Crippen molar-refractivity contribution >= 4 is 17.3 Å². The highest BCUT2D eigenvalue weighted by Crippen LogP contribution is 2.29. The molecule has 2 heterocycles. The van der Waals surface area contributed by atoms with Gasteiger partial charge in [0, 0.05) is 13.6 Å². The van der Waals surface area contributed by atoms with E-state index in [0.717, 1.165) is 28.3 Å². The van der Waals surface area contributed by atoms with Crippen LogP contribution in [0.3, 0.4) is 0 Å². The number of carbonyl (C=O) groups is 1. The van der Waals surface area contributed by atoms with E-state index in [1.807, 2.05) is 43.8 Å². The molecule has 1 amide bonds. The third-order valence-electron chi connectivity index (χ3n) is 3.66. The van der Waals surface area contributed by atoms with Crippen LogP contribution in [0.15, 0.2) is 18.2 Å². The van der Waals surface area contributed by atoms with Gasteiger partial charge in [0.1, 0.15) is 5.75 Å². The summed E-state index contributed by atoms with van der Waals surface area (Å²) in [5, 5.41) is 10.6. The molecule has 1 aliphatic heterocycles. The Kier molecular flexibility index (Phi) is 3.29. The van der Waals surface area contributed by atoms with Crippen LogP contribution in [0, 0.1) is 13.8 Å². The maximum Gasteiger partial charge on any atom is 0.262 e. The maximum absolute atomic E-state index is 11.3. The first-order chi connectivity index (χ1) is 10.0. The summed E-state index contributed by atoms with van der Waals surface area (Å²) < 4.78 is 7.21. The van der Waals surface area contributed by atoms with Crippen molar-refractivity contribution in [3.05, 3.63) is 35.2 Å². The first kappa shape index (κ1) is 13.5. The Balaban J connectivity index is 1.77. The number of amides is 1. The summed E-state index contributed by atoms with van der Waals surface area (Å²) >= 11 is 0. The average molecular weight is 286 g/mol. The van der Waals surface area contributed by atoms with Crippen LogP contribution < -0.4 is 15.4 Å². The fraction of sp³-hybridized carbons (Fsp3) is 0.333. The SMILES string of the molecule is Cc1nn(C)c(C)c1NCc1ccc2c(c1)NC(=O)CO2. The number of ether oxygens (including phenoxy) is 1. The van der Waals surface area contributed by atoms with E-state index in [-0.39, 0.29) is 12.5 Å². The number of anilines is 2. The molecule has 0 saturated carbocycles. The fourth-order valence-electron chi connectivity index (χ4n) is 2.46. The van der Waals surface area contributed by atoms with Gasteiger partial charge in [-0.05, 0) is 31.5 Å². The van der Waals surface area contributed by atoms with Gasteiger partial charge in [-0.25, -0.2) is 0 Å². The predicted molar refractivity (Wildman–Crippen MR) is 80.6 cm³/mol. The molecule has 0 fully saturated rings. The van der Waals surface area contributed by atoms with Crippen LogP contribution in [0.25, 0.3) is 0 Å². The Morgan fingerprint density at radius 2 is 2.24 bits per heavy atom. The predicted octanol–water partition coefficient (Wildman–Crippen LogP) is 1.98. The Morgan fingerprint density at radius 1 is 1.43 bits per heavy atom. The van der Waals surface area contributed by atoms with Gasteiger partial charge in [-0.2, -0.15) is 5.10 Å². The van der Waals surface area contributed by atoms with E-state index >= 15 is 0 Å². The first-order valence-electron chi connectivity index (χ1n) is 6.84. The van der Waals surface area contributed by atoms with Crippen LogP contribution in [0.1, 0.15) is 17.0 Å². The minimum atomic E-state index is -0.119. The third-order valence-corrected chi connectivity index (χ3v) is 3.66. The number of carbonyl (C=O) groups excluding carboxylic acids is 1. The molecular formula is C15H18N4O2. The van der Waals surface area contributed by atoms with Crippen molar-refractivity contribution in [2.75, 3.05) is 17.2 Å². The van der Waals surface area contributed by atoms with Gasteiger partial charge in [0.15, 0.2) is 6.61 Å². The second kappa shape index (κ2) is 5.12. The van der Waals surface area contributed by atoms with Gasteiger partial charge < -0.3 is 15.4 Å². The van der Waals surface area contributed by atoms with Crippen molar-refractivity contribution in [1.29, 1.82) is 0 Å². The summed E-state index contributed by atoms with van der Waals surface area (Å²) in [6.07, 6.45) is 0. The lowest BCUT2D eigenvalue weighted by Gasteiger charge is -2.18. The highest BCUT2D eigenvalue weighted by Gasteiger charge is 2.16. The van der Waals surface area contributed by atoms with Crippen molar-refractivity contribution in [2.45, 2.75) is 20.4 Å². The van der Waals surface area contributed by atoms with Gasteiger partial charge >= 0.3 is 0 Å². The van der Waals surface area contributed by atoms with Crippen LogP contribution >= 0.6 is 0 Å². The van der Waals surface area contributed by atoms with Gasteiger partial charge in [0.2, 0.25) is 0 Å². The van der Waals surface area contributed by atoms with E-state index < -0.39 is 0 Å². The number of nitrogens with zero attached hydrogens (tertiary/aromatic N) is 2. The zero-order valence-electron chi connectivity index (χ0n) is 12.4. The fourth-order valence-corrected chi connectivity index (χ4v) is 2.46. The smallest absolute Gasteiger partial charge is 0.262 e. The van der Waals surface area contributed by atoms with Gasteiger partial charge in [-0.1, -0.05) is 6.07 Å². The number of aryl methyl sites for hydroxylation is 2. The molecule has 0 bridgehead atoms. The third kappa shape index (κ3) is 2.56. The molecule has 1 aromatic carbocycles. The van der Waals surface area contributed by atoms with E-state index in [9.17, 15) is 4.79 Å². The molecule has 6 nitrogen and oxygen atoms in total. The van der Waals surface area contributed by atoms with E-state index in [0.29, 0.717) is 12.3 Å². The molecule has 0 atom stereocenters. The average Bonchev–Trinajstić information content (AvgIpc) is 2.69. The van der Waals surface area contributed by atoms with E-state index in [4.69, 9.17) is 4.74 Å². The minimum Gasteiger partial charge on any atom is -0.482 e. The Hall–Kier alpha value is -2.50. The standard InChI is InChI=1S/C15H18N4O2/c1-9-15(10(2)19(3)18-9)16-7-11-4-5-13-12(6-11)17-14(20)8-21-13/h4-6,16H,7-8H2,1-3H3,(H,17,20). The lowest BCUT2D eigenvalue weighted by atomic mass is 10.1. The molecule has 0 saturated heterocycles. The Labute approximate surface area is 123 Å². The molecule has 1 aliphatic rings. The van der Waals surface area contributed by atoms with Gasteiger partial charge in [0.25, 0.3) is 5.91 Å².